The van der Waals surface area contributed by atoms with Gasteiger partial charge in [-0.25, -0.2) is 4.99 Å². The molecule has 1 aromatic carbocycles. The van der Waals surface area contributed by atoms with Crippen LogP contribution in [-0.2, 0) is 0 Å². The van der Waals surface area contributed by atoms with Gasteiger partial charge < -0.3 is 25.2 Å². The zero-order valence-electron chi connectivity index (χ0n) is 14.0. The third-order valence-corrected chi connectivity index (χ3v) is 5.20. The van der Waals surface area contributed by atoms with Crippen molar-refractivity contribution in [3.8, 4) is 11.5 Å². The van der Waals surface area contributed by atoms with Crippen molar-refractivity contribution in [2.45, 2.75) is 25.4 Å². The van der Waals surface area contributed by atoms with E-state index in [0.29, 0.717) is 25.7 Å². The molecule has 24 heavy (non-hydrogen) atoms. The lowest BCUT2D eigenvalue weighted by atomic mass is 10.1. The molecule has 6 nitrogen and oxygen atoms in total. The zero-order chi connectivity index (χ0) is 16.8. The number of fused-ring (bicyclic) bond motifs is 1. The Balaban J connectivity index is 1.69. The van der Waals surface area contributed by atoms with Crippen LogP contribution in [0.3, 0.4) is 0 Å². The number of hydrogen-bond acceptors (Lipinski definition) is 5. The molecule has 1 fully saturated rings. The van der Waals surface area contributed by atoms with Gasteiger partial charge in [0.15, 0.2) is 17.5 Å². The Kier molecular flexibility index (Phi) is 5.73. The molecule has 1 aromatic rings. The molecule has 1 saturated heterocycles. The summed E-state index contributed by atoms with van der Waals surface area (Å²) in [7, 11) is 0. The van der Waals surface area contributed by atoms with Gasteiger partial charge in [-0.1, -0.05) is 0 Å². The molecule has 2 aliphatic rings. The van der Waals surface area contributed by atoms with E-state index in [1.54, 1.807) is 11.8 Å². The second-order valence-electron chi connectivity index (χ2n) is 6.06. The molecule has 0 amide bonds. The van der Waals surface area contributed by atoms with E-state index < -0.39 is 5.60 Å². The minimum atomic E-state index is -0.683. The first-order valence-corrected chi connectivity index (χ1v) is 9.59. The molecule has 0 aromatic heterocycles. The standard InChI is InChI=1S/C17H25N3O3S/c1-2-18-16(19-11-17(21)6-9-24-12-17)20-13-4-5-14-15(10-13)23-8-3-7-22-14/h4-5,10,21H,2-3,6-9,11-12H2,1H3,(H2,18,19,20). The molecule has 2 heterocycles. The number of nitrogens with one attached hydrogen (secondary N) is 2. The highest BCUT2D eigenvalue weighted by molar-refractivity contribution is 7.99. The fourth-order valence-corrected chi connectivity index (χ4v) is 3.92. The minimum Gasteiger partial charge on any atom is -0.490 e. The minimum absolute atomic E-state index is 0.403. The van der Waals surface area contributed by atoms with Crippen molar-refractivity contribution in [2.75, 3.05) is 43.1 Å². The summed E-state index contributed by atoms with van der Waals surface area (Å²) in [6, 6.07) is 5.78. The third kappa shape index (κ3) is 4.48. The van der Waals surface area contributed by atoms with Crippen molar-refractivity contribution in [3.05, 3.63) is 18.2 Å². The Morgan fingerprint density at radius 1 is 1.33 bits per heavy atom. The normalized spacial score (nSPS) is 23.7. The van der Waals surface area contributed by atoms with E-state index in [9.17, 15) is 5.11 Å². The number of rotatable bonds is 4. The predicted octanol–water partition coefficient (Wildman–Crippen LogP) is 2.09. The summed E-state index contributed by atoms with van der Waals surface area (Å²) in [4.78, 5) is 4.55. The quantitative estimate of drug-likeness (QED) is 0.570. The van der Waals surface area contributed by atoms with E-state index in [1.165, 1.54) is 0 Å². The van der Waals surface area contributed by atoms with Gasteiger partial charge in [-0.05, 0) is 31.2 Å². The number of benzene rings is 1. The largest absolute Gasteiger partial charge is 0.490 e. The smallest absolute Gasteiger partial charge is 0.195 e. The maximum Gasteiger partial charge on any atom is 0.195 e. The van der Waals surface area contributed by atoms with E-state index in [-0.39, 0.29) is 0 Å². The van der Waals surface area contributed by atoms with Crippen LogP contribution in [0.25, 0.3) is 0 Å². The fourth-order valence-electron chi connectivity index (χ4n) is 2.63. The lowest BCUT2D eigenvalue weighted by molar-refractivity contribution is 0.0779. The number of aliphatic imine (C=N–C) groups is 1. The summed E-state index contributed by atoms with van der Waals surface area (Å²) in [5.41, 5.74) is 0.198. The van der Waals surface area contributed by atoms with Crippen LogP contribution in [0.5, 0.6) is 11.5 Å². The number of guanidine groups is 1. The van der Waals surface area contributed by atoms with Crippen LogP contribution in [0.2, 0.25) is 0 Å². The van der Waals surface area contributed by atoms with Crippen molar-refractivity contribution in [2.24, 2.45) is 4.99 Å². The monoisotopic (exact) mass is 351 g/mol. The van der Waals surface area contributed by atoms with Crippen LogP contribution < -0.4 is 20.1 Å². The van der Waals surface area contributed by atoms with Gasteiger partial charge in [-0.15, -0.1) is 0 Å². The van der Waals surface area contributed by atoms with Crippen LogP contribution >= 0.6 is 11.8 Å². The number of aliphatic hydroxyl groups is 1. The summed E-state index contributed by atoms with van der Waals surface area (Å²) in [5, 5.41) is 16.9. The first-order valence-electron chi connectivity index (χ1n) is 8.44. The Bertz CT molecular complexity index is 588. The molecule has 3 N–H and O–H groups in total. The van der Waals surface area contributed by atoms with Crippen LogP contribution in [0.1, 0.15) is 19.8 Å². The zero-order valence-corrected chi connectivity index (χ0v) is 14.8. The number of anilines is 1. The summed E-state index contributed by atoms with van der Waals surface area (Å²) in [6.45, 7) is 4.52. The maximum absolute atomic E-state index is 10.4. The topological polar surface area (TPSA) is 75.1 Å². The average Bonchev–Trinajstić information content (AvgIpc) is 2.88. The van der Waals surface area contributed by atoms with E-state index in [1.807, 2.05) is 25.1 Å². The molecule has 0 radical (unpaired) electrons. The van der Waals surface area contributed by atoms with Crippen LogP contribution in [0, 0.1) is 0 Å². The molecule has 1 unspecified atom stereocenters. The predicted molar refractivity (Wildman–Crippen MR) is 98.5 cm³/mol. The molecular formula is C17H25N3O3S. The van der Waals surface area contributed by atoms with Gasteiger partial charge in [-0.2, -0.15) is 11.8 Å². The van der Waals surface area contributed by atoms with Crippen LogP contribution in [0.4, 0.5) is 5.69 Å². The van der Waals surface area contributed by atoms with E-state index >= 15 is 0 Å². The van der Waals surface area contributed by atoms with Crippen molar-refractivity contribution in [1.29, 1.82) is 0 Å². The number of nitrogens with zero attached hydrogens (tertiary/aromatic N) is 1. The molecule has 0 saturated carbocycles. The molecule has 0 spiro atoms. The molecule has 3 rings (SSSR count). The number of ether oxygens (including phenoxy) is 2. The summed E-state index contributed by atoms with van der Waals surface area (Å²) < 4.78 is 11.4. The van der Waals surface area contributed by atoms with Gasteiger partial charge in [-0.3, -0.25) is 0 Å². The van der Waals surface area contributed by atoms with Crippen molar-refractivity contribution in [1.82, 2.24) is 5.32 Å². The second kappa shape index (κ2) is 7.98. The van der Waals surface area contributed by atoms with Gasteiger partial charge in [0.25, 0.3) is 0 Å². The highest BCUT2D eigenvalue weighted by Crippen LogP contribution is 2.32. The third-order valence-electron chi connectivity index (χ3n) is 3.97. The van der Waals surface area contributed by atoms with E-state index in [2.05, 4.69) is 15.6 Å². The Morgan fingerprint density at radius 3 is 2.92 bits per heavy atom. The van der Waals surface area contributed by atoms with Gasteiger partial charge in [0.2, 0.25) is 0 Å². The molecular weight excluding hydrogens is 326 g/mol. The van der Waals surface area contributed by atoms with Crippen molar-refractivity contribution >= 4 is 23.4 Å². The molecule has 0 aliphatic carbocycles. The lowest BCUT2D eigenvalue weighted by Gasteiger charge is -2.20. The molecule has 0 bridgehead atoms. The Labute approximate surface area is 147 Å². The number of thioether (sulfide) groups is 1. The SMILES string of the molecule is CCNC(=NCC1(O)CCSC1)Nc1ccc2c(c1)OCCCO2. The Morgan fingerprint density at radius 2 is 2.17 bits per heavy atom. The summed E-state index contributed by atoms with van der Waals surface area (Å²) in [5.74, 6) is 3.94. The first-order chi connectivity index (χ1) is 11.7. The first kappa shape index (κ1) is 17.2. The van der Waals surface area contributed by atoms with Crippen molar-refractivity contribution < 1.29 is 14.6 Å². The summed E-state index contributed by atoms with van der Waals surface area (Å²) in [6.07, 6.45) is 1.68. The highest BCUT2D eigenvalue weighted by Gasteiger charge is 2.31. The van der Waals surface area contributed by atoms with E-state index in [0.717, 1.165) is 48.1 Å². The van der Waals surface area contributed by atoms with Crippen LogP contribution in [0.15, 0.2) is 23.2 Å². The molecule has 132 valence electrons. The molecule has 1 atom stereocenters. The molecule has 2 aliphatic heterocycles. The van der Waals surface area contributed by atoms with E-state index in [4.69, 9.17) is 9.47 Å². The van der Waals surface area contributed by atoms with Gasteiger partial charge in [0.05, 0.1) is 25.4 Å². The average molecular weight is 351 g/mol. The highest BCUT2D eigenvalue weighted by atomic mass is 32.2. The van der Waals surface area contributed by atoms with Gasteiger partial charge in [0, 0.05) is 30.5 Å². The Hall–Kier alpha value is -1.60. The summed E-state index contributed by atoms with van der Waals surface area (Å²) >= 11 is 1.78. The number of hydrogen-bond donors (Lipinski definition) is 3. The fraction of sp³-hybridized carbons (Fsp3) is 0.588. The molecule has 7 heteroatoms. The van der Waals surface area contributed by atoms with Crippen LogP contribution in [-0.4, -0.2) is 54.5 Å². The van der Waals surface area contributed by atoms with Gasteiger partial charge >= 0.3 is 0 Å². The lowest BCUT2D eigenvalue weighted by Crippen LogP contribution is -2.36. The van der Waals surface area contributed by atoms with Gasteiger partial charge in [0.1, 0.15) is 0 Å². The maximum atomic E-state index is 10.4. The van der Waals surface area contributed by atoms with Crippen molar-refractivity contribution in [3.63, 3.8) is 0 Å². The second-order valence-corrected chi connectivity index (χ2v) is 7.16.